The predicted octanol–water partition coefficient (Wildman–Crippen LogP) is 7.31. The van der Waals surface area contributed by atoms with Crippen molar-refractivity contribution in [1.82, 2.24) is 4.98 Å². The molecule has 0 aliphatic heterocycles. The average Bonchev–Trinajstić information content (AvgIpc) is 2.79. The Balaban J connectivity index is 1.30. The van der Waals surface area contributed by atoms with Crippen molar-refractivity contribution >= 4 is 39.6 Å². The average molecular weight is 416 g/mol. The van der Waals surface area contributed by atoms with Crippen molar-refractivity contribution in [3.8, 4) is 0 Å². The Morgan fingerprint density at radius 2 is 1.47 bits per heavy atom. The van der Waals surface area contributed by atoms with E-state index in [2.05, 4.69) is 75.9 Å². The summed E-state index contributed by atoms with van der Waals surface area (Å²) in [6, 6.07) is 29.1. The number of benzene rings is 3. The fourth-order valence-corrected chi connectivity index (χ4v) is 3.86. The van der Waals surface area contributed by atoms with Crippen LogP contribution in [0.1, 0.15) is 19.3 Å². The monoisotopic (exact) mass is 415 g/mol. The third-order valence-corrected chi connectivity index (χ3v) is 5.45. The minimum Gasteiger partial charge on any atom is -0.384 e. The maximum absolute atomic E-state index is 6.08. The fraction of sp³-hybridized carbons (Fsp3) is 0.192. The molecule has 4 rings (SSSR count). The van der Waals surface area contributed by atoms with Gasteiger partial charge in [-0.15, -0.1) is 0 Å². The van der Waals surface area contributed by atoms with Crippen molar-refractivity contribution in [3.05, 3.63) is 96.1 Å². The van der Waals surface area contributed by atoms with E-state index in [4.69, 9.17) is 11.6 Å². The zero-order valence-corrected chi connectivity index (χ0v) is 17.7. The van der Waals surface area contributed by atoms with Gasteiger partial charge < -0.3 is 10.2 Å². The number of nitrogens with one attached hydrogen (secondary N) is 1. The zero-order valence-electron chi connectivity index (χ0n) is 17.0. The third-order valence-electron chi connectivity index (χ3n) is 5.21. The number of unbranched alkanes of at least 4 members (excludes halogenated alkanes) is 2. The van der Waals surface area contributed by atoms with Crippen molar-refractivity contribution in [1.29, 1.82) is 0 Å². The number of hydrogen-bond donors (Lipinski definition) is 1. The first-order valence-corrected chi connectivity index (χ1v) is 10.8. The van der Waals surface area contributed by atoms with Crippen molar-refractivity contribution in [2.24, 2.45) is 0 Å². The van der Waals surface area contributed by atoms with Gasteiger partial charge in [-0.25, -0.2) is 0 Å². The molecule has 3 nitrogen and oxygen atoms in total. The Morgan fingerprint density at radius 1 is 0.767 bits per heavy atom. The molecule has 152 valence electrons. The molecule has 0 unspecified atom stereocenters. The van der Waals surface area contributed by atoms with Crippen LogP contribution in [0.25, 0.3) is 10.9 Å². The molecule has 4 aromatic rings. The number of halogens is 1. The summed E-state index contributed by atoms with van der Waals surface area (Å²) in [5.74, 6) is 0. The van der Waals surface area contributed by atoms with Crippen LogP contribution in [-0.4, -0.2) is 18.1 Å². The molecule has 4 heteroatoms. The molecule has 0 saturated carbocycles. The minimum atomic E-state index is 0.716. The molecule has 1 heterocycles. The molecule has 0 aliphatic rings. The molecule has 0 saturated heterocycles. The lowest BCUT2D eigenvalue weighted by molar-refractivity contribution is 0.698. The topological polar surface area (TPSA) is 28.2 Å². The van der Waals surface area contributed by atoms with Gasteiger partial charge in [-0.3, -0.25) is 4.98 Å². The predicted molar refractivity (Wildman–Crippen MR) is 129 cm³/mol. The van der Waals surface area contributed by atoms with Gasteiger partial charge in [0.15, 0.2) is 0 Å². The van der Waals surface area contributed by atoms with Crippen molar-refractivity contribution < 1.29 is 0 Å². The fourth-order valence-electron chi connectivity index (χ4n) is 3.69. The van der Waals surface area contributed by atoms with E-state index < -0.39 is 0 Å². The first-order valence-electron chi connectivity index (χ1n) is 10.5. The molecular formula is C26H26ClN3. The highest BCUT2D eigenvalue weighted by atomic mass is 35.5. The summed E-state index contributed by atoms with van der Waals surface area (Å²) in [5, 5.41) is 5.39. The highest BCUT2D eigenvalue weighted by Crippen LogP contribution is 2.26. The highest BCUT2D eigenvalue weighted by Gasteiger charge is 2.08. The second-order valence-electron chi connectivity index (χ2n) is 7.33. The minimum absolute atomic E-state index is 0.716. The number of para-hydroxylation sites is 2. The Labute approximate surface area is 183 Å². The molecule has 1 aromatic heterocycles. The molecule has 0 aliphatic carbocycles. The normalized spacial score (nSPS) is 10.8. The third kappa shape index (κ3) is 5.11. The van der Waals surface area contributed by atoms with Crippen LogP contribution >= 0.6 is 11.6 Å². The summed E-state index contributed by atoms with van der Waals surface area (Å²) >= 11 is 6.08. The van der Waals surface area contributed by atoms with Crippen LogP contribution in [0.2, 0.25) is 5.02 Å². The summed E-state index contributed by atoms with van der Waals surface area (Å²) < 4.78 is 0. The van der Waals surface area contributed by atoms with Crippen LogP contribution in [-0.2, 0) is 0 Å². The highest BCUT2D eigenvalue weighted by molar-refractivity contribution is 6.31. The van der Waals surface area contributed by atoms with E-state index in [1.165, 1.54) is 11.4 Å². The standard InChI is InChI=1S/C26H26ClN3/c27-21-14-15-24-25(16-18-29-26(24)20-21)28-17-8-3-9-19-30(22-10-4-1-5-11-22)23-12-6-2-7-13-23/h1-2,4-7,10-16,18,20H,3,8-9,17,19H2,(H,28,29). The molecule has 30 heavy (non-hydrogen) atoms. The Kier molecular flexibility index (Phi) is 6.83. The smallest absolute Gasteiger partial charge is 0.0737 e. The van der Waals surface area contributed by atoms with Gasteiger partial charge in [-0.2, -0.15) is 0 Å². The van der Waals surface area contributed by atoms with Crippen LogP contribution in [0.5, 0.6) is 0 Å². The van der Waals surface area contributed by atoms with Crippen molar-refractivity contribution in [2.45, 2.75) is 19.3 Å². The van der Waals surface area contributed by atoms with Gasteiger partial charge >= 0.3 is 0 Å². The number of aromatic nitrogens is 1. The van der Waals surface area contributed by atoms with E-state index in [9.17, 15) is 0 Å². The molecule has 0 atom stereocenters. The molecule has 3 aromatic carbocycles. The Bertz CT molecular complexity index is 1030. The number of hydrogen-bond acceptors (Lipinski definition) is 3. The number of fused-ring (bicyclic) bond motifs is 1. The summed E-state index contributed by atoms with van der Waals surface area (Å²) in [6.07, 6.45) is 5.25. The molecular weight excluding hydrogens is 390 g/mol. The Hall–Kier alpha value is -3.04. The first kappa shape index (κ1) is 20.2. The Morgan fingerprint density at radius 3 is 2.17 bits per heavy atom. The second kappa shape index (κ2) is 10.1. The number of pyridine rings is 1. The van der Waals surface area contributed by atoms with Crippen LogP contribution < -0.4 is 10.2 Å². The maximum Gasteiger partial charge on any atom is 0.0737 e. The van der Waals surface area contributed by atoms with Crippen molar-refractivity contribution in [3.63, 3.8) is 0 Å². The van der Waals surface area contributed by atoms with Gasteiger partial charge in [0.25, 0.3) is 0 Å². The molecule has 0 fully saturated rings. The van der Waals surface area contributed by atoms with Crippen LogP contribution in [0.15, 0.2) is 91.1 Å². The van der Waals surface area contributed by atoms with Gasteiger partial charge in [0.2, 0.25) is 0 Å². The number of nitrogens with zero attached hydrogens (tertiary/aromatic N) is 2. The first-order chi connectivity index (χ1) is 14.8. The lowest BCUT2D eigenvalue weighted by Crippen LogP contribution is -2.18. The van der Waals surface area contributed by atoms with E-state index >= 15 is 0 Å². The van der Waals surface area contributed by atoms with Crippen LogP contribution in [0.3, 0.4) is 0 Å². The molecule has 1 N–H and O–H groups in total. The van der Waals surface area contributed by atoms with Gasteiger partial charge in [0.1, 0.15) is 0 Å². The molecule has 0 spiro atoms. The molecule has 0 radical (unpaired) electrons. The van der Waals surface area contributed by atoms with Gasteiger partial charge in [-0.05, 0) is 67.8 Å². The quantitative estimate of drug-likeness (QED) is 0.290. The molecule has 0 amide bonds. The second-order valence-corrected chi connectivity index (χ2v) is 7.77. The lowest BCUT2D eigenvalue weighted by atomic mass is 10.1. The van der Waals surface area contributed by atoms with Crippen molar-refractivity contribution in [2.75, 3.05) is 23.3 Å². The van der Waals surface area contributed by atoms with E-state index in [0.29, 0.717) is 5.02 Å². The SMILES string of the molecule is Clc1ccc2c(NCCCCCN(c3ccccc3)c3ccccc3)ccnc2c1. The van der Waals surface area contributed by atoms with Gasteiger partial charge in [0.05, 0.1) is 5.52 Å². The van der Waals surface area contributed by atoms with E-state index in [0.717, 1.165) is 48.9 Å². The van der Waals surface area contributed by atoms with Gasteiger partial charge in [0, 0.05) is 46.8 Å². The van der Waals surface area contributed by atoms with Gasteiger partial charge in [-0.1, -0.05) is 48.0 Å². The largest absolute Gasteiger partial charge is 0.384 e. The van der Waals surface area contributed by atoms with E-state index in [1.54, 1.807) is 0 Å². The summed E-state index contributed by atoms with van der Waals surface area (Å²) in [7, 11) is 0. The number of anilines is 3. The zero-order chi connectivity index (χ0) is 20.6. The lowest BCUT2D eigenvalue weighted by Gasteiger charge is -2.25. The molecule has 0 bridgehead atoms. The van der Waals surface area contributed by atoms with E-state index in [-0.39, 0.29) is 0 Å². The number of rotatable bonds is 9. The summed E-state index contributed by atoms with van der Waals surface area (Å²) in [5.41, 5.74) is 4.52. The maximum atomic E-state index is 6.08. The van der Waals surface area contributed by atoms with Crippen LogP contribution in [0.4, 0.5) is 17.1 Å². The summed E-state index contributed by atoms with van der Waals surface area (Å²) in [6.45, 7) is 1.95. The van der Waals surface area contributed by atoms with Crippen LogP contribution in [0, 0.1) is 0 Å². The van der Waals surface area contributed by atoms with E-state index in [1.807, 2.05) is 30.5 Å². The summed E-state index contributed by atoms with van der Waals surface area (Å²) in [4.78, 5) is 6.80.